The number of hydrogen-bond donors (Lipinski definition) is 1. The van der Waals surface area contributed by atoms with Crippen LogP contribution in [0.1, 0.15) is 37.3 Å². The molecule has 0 saturated carbocycles. The number of hydrogen-bond acceptors (Lipinski definition) is 3. The van der Waals surface area contributed by atoms with Gasteiger partial charge in [-0.3, -0.25) is 4.79 Å². The monoisotopic (exact) mass is 304 g/mol. The van der Waals surface area contributed by atoms with Gasteiger partial charge in [0.15, 0.2) is 6.10 Å². The van der Waals surface area contributed by atoms with E-state index in [0.717, 1.165) is 36.5 Å². The Labute approximate surface area is 133 Å². The Morgan fingerprint density at radius 3 is 2.73 bits per heavy atom. The molecule has 1 aliphatic heterocycles. The fourth-order valence-electron chi connectivity index (χ4n) is 2.74. The number of ether oxygens (including phenoxy) is 1. The Balaban J connectivity index is 1.75. The van der Waals surface area contributed by atoms with Crippen LogP contribution >= 0.6 is 0 Å². The van der Waals surface area contributed by atoms with E-state index in [1.54, 1.807) is 6.92 Å². The Kier molecular flexibility index (Phi) is 6.25. The van der Waals surface area contributed by atoms with Crippen LogP contribution in [0.4, 0.5) is 0 Å². The number of carbonyl (C=O) groups excluding carboxylic acids is 1. The highest BCUT2D eigenvalue weighted by atomic mass is 16.5. The van der Waals surface area contributed by atoms with Crippen molar-refractivity contribution in [3.8, 4) is 5.75 Å². The molecule has 1 aliphatic rings. The first-order valence-electron chi connectivity index (χ1n) is 8.30. The van der Waals surface area contributed by atoms with Crippen LogP contribution < -0.4 is 10.1 Å². The predicted octanol–water partition coefficient (Wildman–Crippen LogP) is 2.67. The number of aryl methyl sites for hydroxylation is 2. The molecule has 1 amide bonds. The van der Waals surface area contributed by atoms with Gasteiger partial charge in [0.1, 0.15) is 5.75 Å². The zero-order valence-corrected chi connectivity index (χ0v) is 14.0. The summed E-state index contributed by atoms with van der Waals surface area (Å²) in [5.41, 5.74) is 2.19. The second-order valence-electron chi connectivity index (χ2n) is 6.22. The lowest BCUT2D eigenvalue weighted by atomic mass is 10.1. The van der Waals surface area contributed by atoms with Gasteiger partial charge >= 0.3 is 0 Å². The number of benzene rings is 1. The second-order valence-corrected chi connectivity index (χ2v) is 6.22. The highest BCUT2D eigenvalue weighted by Crippen LogP contribution is 2.20. The Hall–Kier alpha value is -1.55. The van der Waals surface area contributed by atoms with Crippen LogP contribution in [-0.4, -0.2) is 43.1 Å². The highest BCUT2D eigenvalue weighted by molar-refractivity contribution is 5.80. The molecule has 1 N–H and O–H groups in total. The van der Waals surface area contributed by atoms with Crippen molar-refractivity contribution in [3.05, 3.63) is 29.3 Å². The van der Waals surface area contributed by atoms with Crippen molar-refractivity contribution in [2.75, 3.05) is 26.2 Å². The molecule has 1 unspecified atom stereocenters. The van der Waals surface area contributed by atoms with Crippen LogP contribution in [0.5, 0.6) is 5.75 Å². The van der Waals surface area contributed by atoms with Gasteiger partial charge in [0, 0.05) is 13.1 Å². The summed E-state index contributed by atoms with van der Waals surface area (Å²) in [4.78, 5) is 14.5. The van der Waals surface area contributed by atoms with Crippen molar-refractivity contribution in [3.63, 3.8) is 0 Å². The molecular formula is C18H28N2O2. The van der Waals surface area contributed by atoms with Crippen LogP contribution in [0.25, 0.3) is 0 Å². The van der Waals surface area contributed by atoms with Gasteiger partial charge in [0.05, 0.1) is 0 Å². The molecule has 1 saturated heterocycles. The maximum atomic E-state index is 12.1. The van der Waals surface area contributed by atoms with Gasteiger partial charge in [-0.15, -0.1) is 0 Å². The minimum Gasteiger partial charge on any atom is -0.481 e. The summed E-state index contributed by atoms with van der Waals surface area (Å²) in [6.45, 7) is 9.76. The number of nitrogens with zero attached hydrogens (tertiary/aromatic N) is 1. The zero-order valence-electron chi connectivity index (χ0n) is 14.0. The number of likely N-dealkylation sites (tertiary alicyclic amines) is 1. The van der Waals surface area contributed by atoms with E-state index >= 15 is 0 Å². The summed E-state index contributed by atoms with van der Waals surface area (Å²) in [5.74, 6) is 0.747. The fraction of sp³-hybridized carbons (Fsp3) is 0.611. The average molecular weight is 304 g/mol. The minimum atomic E-state index is -0.471. The van der Waals surface area contributed by atoms with Crippen LogP contribution in [-0.2, 0) is 4.79 Å². The number of piperidine rings is 1. The Bertz CT molecular complexity index is 496. The van der Waals surface area contributed by atoms with Gasteiger partial charge < -0.3 is 15.0 Å². The van der Waals surface area contributed by atoms with Gasteiger partial charge in [0.2, 0.25) is 0 Å². The van der Waals surface area contributed by atoms with E-state index < -0.39 is 6.10 Å². The SMILES string of the molecule is Cc1ccc(C)c(OC(C)C(=O)NCCN2CCCCC2)c1. The summed E-state index contributed by atoms with van der Waals surface area (Å²) in [6, 6.07) is 6.05. The molecule has 1 aromatic rings. The van der Waals surface area contributed by atoms with Gasteiger partial charge in [0.25, 0.3) is 5.91 Å². The predicted molar refractivity (Wildman–Crippen MR) is 89.3 cm³/mol. The number of rotatable bonds is 6. The average Bonchev–Trinajstić information content (AvgIpc) is 2.52. The normalized spacial score (nSPS) is 17.0. The van der Waals surface area contributed by atoms with Crippen LogP contribution in [0.15, 0.2) is 18.2 Å². The van der Waals surface area contributed by atoms with E-state index in [2.05, 4.69) is 10.2 Å². The molecule has 2 rings (SSSR count). The zero-order chi connectivity index (χ0) is 15.9. The van der Waals surface area contributed by atoms with E-state index in [4.69, 9.17) is 4.74 Å². The van der Waals surface area contributed by atoms with E-state index in [0.29, 0.717) is 6.54 Å². The molecule has 22 heavy (non-hydrogen) atoms. The van der Waals surface area contributed by atoms with Crippen molar-refractivity contribution in [1.29, 1.82) is 0 Å². The molecule has 0 aliphatic carbocycles. The molecule has 1 aromatic carbocycles. The van der Waals surface area contributed by atoms with Gasteiger partial charge in [-0.25, -0.2) is 0 Å². The van der Waals surface area contributed by atoms with Gasteiger partial charge in [-0.05, 0) is 63.9 Å². The van der Waals surface area contributed by atoms with E-state index in [-0.39, 0.29) is 5.91 Å². The molecule has 0 aromatic heterocycles. The Morgan fingerprint density at radius 2 is 2.00 bits per heavy atom. The minimum absolute atomic E-state index is 0.0436. The van der Waals surface area contributed by atoms with E-state index in [1.165, 1.54) is 19.3 Å². The van der Waals surface area contributed by atoms with E-state index in [1.807, 2.05) is 32.0 Å². The molecule has 4 heteroatoms. The number of nitrogens with one attached hydrogen (secondary N) is 1. The molecular weight excluding hydrogens is 276 g/mol. The molecule has 0 radical (unpaired) electrons. The van der Waals surface area contributed by atoms with Crippen molar-refractivity contribution in [1.82, 2.24) is 10.2 Å². The lowest BCUT2D eigenvalue weighted by Crippen LogP contribution is -2.42. The summed E-state index contributed by atoms with van der Waals surface area (Å²) in [6.07, 6.45) is 3.42. The van der Waals surface area contributed by atoms with Crippen LogP contribution in [0.2, 0.25) is 0 Å². The second kappa shape index (κ2) is 8.18. The fourth-order valence-corrected chi connectivity index (χ4v) is 2.74. The quantitative estimate of drug-likeness (QED) is 0.878. The third-order valence-electron chi connectivity index (χ3n) is 4.19. The highest BCUT2D eigenvalue weighted by Gasteiger charge is 2.16. The molecule has 1 fully saturated rings. The lowest BCUT2D eigenvalue weighted by Gasteiger charge is -2.26. The summed E-state index contributed by atoms with van der Waals surface area (Å²) >= 11 is 0. The van der Waals surface area contributed by atoms with Crippen molar-refractivity contribution in [2.45, 2.75) is 46.1 Å². The topological polar surface area (TPSA) is 41.6 Å². The number of amides is 1. The summed E-state index contributed by atoms with van der Waals surface area (Å²) in [7, 11) is 0. The van der Waals surface area contributed by atoms with Crippen molar-refractivity contribution < 1.29 is 9.53 Å². The summed E-state index contributed by atoms with van der Waals surface area (Å²) < 4.78 is 5.80. The first-order chi connectivity index (χ1) is 10.6. The first-order valence-corrected chi connectivity index (χ1v) is 8.30. The Morgan fingerprint density at radius 1 is 1.27 bits per heavy atom. The maximum absolute atomic E-state index is 12.1. The molecule has 0 bridgehead atoms. The van der Waals surface area contributed by atoms with Gasteiger partial charge in [-0.1, -0.05) is 18.6 Å². The smallest absolute Gasteiger partial charge is 0.260 e. The van der Waals surface area contributed by atoms with Crippen LogP contribution in [0.3, 0.4) is 0 Å². The molecule has 4 nitrogen and oxygen atoms in total. The molecule has 122 valence electrons. The lowest BCUT2D eigenvalue weighted by molar-refractivity contribution is -0.127. The molecule has 1 heterocycles. The van der Waals surface area contributed by atoms with Crippen molar-refractivity contribution >= 4 is 5.91 Å². The molecule has 1 atom stereocenters. The third kappa shape index (κ3) is 5.02. The molecule has 0 spiro atoms. The maximum Gasteiger partial charge on any atom is 0.260 e. The summed E-state index contributed by atoms with van der Waals surface area (Å²) in [5, 5.41) is 2.98. The standard InChI is InChI=1S/C18H28N2O2/c1-14-7-8-15(2)17(13-14)22-16(3)18(21)19-9-12-20-10-5-4-6-11-20/h7-8,13,16H,4-6,9-12H2,1-3H3,(H,19,21). The third-order valence-corrected chi connectivity index (χ3v) is 4.19. The van der Waals surface area contributed by atoms with Crippen molar-refractivity contribution in [2.24, 2.45) is 0 Å². The largest absolute Gasteiger partial charge is 0.481 e. The first kappa shape index (κ1) is 16.8. The van der Waals surface area contributed by atoms with E-state index in [9.17, 15) is 4.79 Å². The number of carbonyl (C=O) groups is 1. The van der Waals surface area contributed by atoms with Gasteiger partial charge in [-0.2, -0.15) is 0 Å². The van der Waals surface area contributed by atoms with Crippen LogP contribution in [0, 0.1) is 13.8 Å².